The van der Waals surface area contributed by atoms with Crippen molar-refractivity contribution in [2.45, 2.75) is 0 Å². The molecule has 53 heavy (non-hydrogen) atoms. The molecule has 8 aromatic carbocycles. The van der Waals surface area contributed by atoms with Crippen molar-refractivity contribution in [3.05, 3.63) is 176 Å². The van der Waals surface area contributed by atoms with Crippen LogP contribution < -0.4 is 26.2 Å². The first kappa shape index (κ1) is 29.1. The Morgan fingerprint density at radius 2 is 1.02 bits per heavy atom. The third-order valence-electron chi connectivity index (χ3n) is 11.3. The zero-order chi connectivity index (χ0) is 34.6. The average Bonchev–Trinajstić information content (AvgIpc) is 3.79. The zero-order valence-electron chi connectivity index (χ0n) is 28.5. The van der Waals surface area contributed by atoms with E-state index in [1.807, 2.05) is 23.5 Å². The van der Waals surface area contributed by atoms with Gasteiger partial charge in [-0.2, -0.15) is 0 Å². The predicted octanol–water partition coefficient (Wildman–Crippen LogP) is 11.7. The van der Waals surface area contributed by atoms with E-state index in [9.17, 15) is 0 Å². The Balaban J connectivity index is 1.04. The molecule has 0 amide bonds. The Labute approximate surface area is 310 Å². The molecule has 0 N–H and O–H groups in total. The van der Waals surface area contributed by atoms with Crippen LogP contribution in [-0.2, 0) is 0 Å². The number of hydrogen-bond donors (Lipinski definition) is 0. The summed E-state index contributed by atoms with van der Waals surface area (Å²) in [6, 6.07) is 64.2. The molecule has 0 spiro atoms. The minimum atomic E-state index is 0.101. The average molecular weight is 693 g/mol. The molecule has 0 bridgehead atoms. The summed E-state index contributed by atoms with van der Waals surface area (Å²) in [5.74, 6) is 0. The van der Waals surface area contributed by atoms with Crippen molar-refractivity contribution >= 4 is 111 Å². The van der Waals surface area contributed by atoms with Gasteiger partial charge >= 0.3 is 0 Å². The Morgan fingerprint density at radius 3 is 1.81 bits per heavy atom. The van der Waals surface area contributed by atoms with Gasteiger partial charge in [0.2, 0.25) is 0 Å². The summed E-state index contributed by atoms with van der Waals surface area (Å²) in [5.41, 5.74) is 15.4. The number of anilines is 6. The Morgan fingerprint density at radius 1 is 0.434 bits per heavy atom. The largest absolute Gasteiger partial charge is 0.456 e. The van der Waals surface area contributed by atoms with Crippen molar-refractivity contribution in [2.75, 3.05) is 9.80 Å². The highest BCUT2D eigenvalue weighted by atomic mass is 32.1. The Bertz CT molecular complexity index is 3110. The standard InChI is InChI=1S/C48H29BN2OS/c1-7-21-44-34(11-1)37-29-32(27-28-45(37)52-44)51-41-18-6-4-16-39(41)49-38-15-3-5-17-40(38)50(42-19-10-20-43(51)47(42)49)31-25-23-30(24-26-31)33-13-9-14-36-35-12-2-8-22-46(35)53-48(33)36/h1-29H. The Kier molecular flexibility index (Phi) is 6.02. The summed E-state index contributed by atoms with van der Waals surface area (Å²) in [5, 5.41) is 4.91. The molecular formula is C48H29BN2OS. The number of rotatable bonds is 3. The summed E-state index contributed by atoms with van der Waals surface area (Å²) in [6.07, 6.45) is 0. The van der Waals surface area contributed by atoms with Crippen LogP contribution in [-0.4, -0.2) is 6.71 Å². The second kappa shape index (κ2) is 11.0. The first-order valence-corrected chi connectivity index (χ1v) is 18.9. The monoisotopic (exact) mass is 692 g/mol. The fraction of sp³-hybridized carbons (Fsp3) is 0. The van der Waals surface area contributed by atoms with Gasteiger partial charge in [0.1, 0.15) is 11.2 Å². The van der Waals surface area contributed by atoms with Crippen molar-refractivity contribution in [1.82, 2.24) is 0 Å². The van der Waals surface area contributed by atoms with E-state index in [-0.39, 0.29) is 6.71 Å². The first-order chi connectivity index (χ1) is 26.3. The fourth-order valence-corrected chi connectivity index (χ4v) is 10.2. The number of thiophene rings is 1. The van der Waals surface area contributed by atoms with Crippen LogP contribution in [0.3, 0.4) is 0 Å². The van der Waals surface area contributed by atoms with Gasteiger partial charge in [-0.1, -0.05) is 109 Å². The molecular weight excluding hydrogens is 663 g/mol. The van der Waals surface area contributed by atoms with E-state index in [0.29, 0.717) is 0 Å². The van der Waals surface area contributed by atoms with Crippen LogP contribution in [0.25, 0.3) is 53.2 Å². The van der Waals surface area contributed by atoms with E-state index in [1.54, 1.807) is 0 Å². The zero-order valence-corrected chi connectivity index (χ0v) is 29.3. The maximum absolute atomic E-state index is 6.25. The molecule has 0 fully saturated rings. The molecule has 2 aliphatic heterocycles. The lowest BCUT2D eigenvalue weighted by molar-refractivity contribution is 0.669. The quantitative estimate of drug-likeness (QED) is 0.172. The molecule has 0 aliphatic carbocycles. The summed E-state index contributed by atoms with van der Waals surface area (Å²) < 4.78 is 8.91. The van der Waals surface area contributed by atoms with Crippen molar-refractivity contribution < 1.29 is 4.42 Å². The van der Waals surface area contributed by atoms with Crippen LogP contribution in [0.2, 0.25) is 0 Å². The predicted molar refractivity (Wildman–Crippen MR) is 226 cm³/mol. The minimum absolute atomic E-state index is 0.101. The number of fused-ring (bicyclic) bond motifs is 10. The number of para-hydroxylation sites is 3. The molecule has 5 heteroatoms. The molecule has 0 saturated heterocycles. The van der Waals surface area contributed by atoms with Gasteiger partial charge in [-0.25, -0.2) is 0 Å². The first-order valence-electron chi connectivity index (χ1n) is 18.1. The molecule has 246 valence electrons. The highest BCUT2D eigenvalue weighted by molar-refractivity contribution is 7.26. The lowest BCUT2D eigenvalue weighted by Gasteiger charge is -2.44. The normalized spacial score (nSPS) is 13.2. The van der Waals surface area contributed by atoms with E-state index in [0.717, 1.165) is 33.3 Å². The topological polar surface area (TPSA) is 19.6 Å². The highest BCUT2D eigenvalue weighted by Crippen LogP contribution is 2.46. The summed E-state index contributed by atoms with van der Waals surface area (Å²) in [7, 11) is 0. The molecule has 2 aliphatic rings. The van der Waals surface area contributed by atoms with Crippen molar-refractivity contribution in [2.24, 2.45) is 0 Å². The van der Waals surface area contributed by atoms with Crippen LogP contribution in [0.4, 0.5) is 34.1 Å². The molecule has 0 atom stereocenters. The van der Waals surface area contributed by atoms with E-state index in [2.05, 4.69) is 174 Å². The van der Waals surface area contributed by atoms with E-state index in [1.165, 1.54) is 70.4 Å². The van der Waals surface area contributed by atoms with Crippen LogP contribution in [0.15, 0.2) is 180 Å². The lowest BCUT2D eigenvalue weighted by Crippen LogP contribution is -2.61. The van der Waals surface area contributed by atoms with Crippen LogP contribution in [0.1, 0.15) is 0 Å². The van der Waals surface area contributed by atoms with Gasteiger partial charge in [0.05, 0.1) is 0 Å². The van der Waals surface area contributed by atoms with Gasteiger partial charge in [0.15, 0.2) is 0 Å². The molecule has 0 unspecified atom stereocenters. The van der Waals surface area contributed by atoms with Gasteiger partial charge in [-0.15, -0.1) is 11.3 Å². The van der Waals surface area contributed by atoms with Crippen LogP contribution in [0, 0.1) is 0 Å². The number of furan rings is 1. The van der Waals surface area contributed by atoms with Gasteiger partial charge < -0.3 is 14.2 Å². The minimum Gasteiger partial charge on any atom is -0.456 e. The van der Waals surface area contributed by atoms with Crippen LogP contribution in [0.5, 0.6) is 0 Å². The van der Waals surface area contributed by atoms with E-state index >= 15 is 0 Å². The molecule has 3 nitrogen and oxygen atoms in total. The highest BCUT2D eigenvalue weighted by Gasteiger charge is 2.42. The molecule has 2 aromatic heterocycles. The van der Waals surface area contributed by atoms with Gasteiger partial charge in [0.25, 0.3) is 6.71 Å². The maximum Gasteiger partial charge on any atom is 0.252 e. The van der Waals surface area contributed by atoms with Crippen molar-refractivity contribution in [3.63, 3.8) is 0 Å². The number of hydrogen-bond acceptors (Lipinski definition) is 4. The smallest absolute Gasteiger partial charge is 0.252 e. The molecule has 10 aromatic rings. The SMILES string of the molecule is c1ccc2c(c1)B1c3ccccc3N(c3ccc4oc5ccccc5c4c3)c3cccc(c31)N2c1ccc(-c2cccc3c2sc2ccccc23)cc1. The summed E-state index contributed by atoms with van der Waals surface area (Å²) in [6.45, 7) is 0.101. The maximum atomic E-state index is 6.25. The van der Waals surface area contributed by atoms with Crippen molar-refractivity contribution in [3.8, 4) is 11.1 Å². The van der Waals surface area contributed by atoms with E-state index < -0.39 is 0 Å². The van der Waals surface area contributed by atoms with Gasteiger partial charge in [-0.05, 0) is 94.2 Å². The lowest BCUT2D eigenvalue weighted by atomic mass is 9.33. The second-order valence-electron chi connectivity index (χ2n) is 14.0. The second-order valence-corrected chi connectivity index (χ2v) is 15.1. The molecule has 12 rings (SSSR count). The van der Waals surface area contributed by atoms with Gasteiger partial charge in [-0.3, -0.25) is 0 Å². The Hall–Kier alpha value is -6.56. The summed E-state index contributed by atoms with van der Waals surface area (Å²) in [4.78, 5) is 4.92. The summed E-state index contributed by atoms with van der Waals surface area (Å²) >= 11 is 1.88. The third kappa shape index (κ3) is 4.11. The fourth-order valence-electron chi connectivity index (χ4n) is 9.01. The molecule has 0 radical (unpaired) electrons. The molecule has 4 heterocycles. The van der Waals surface area contributed by atoms with E-state index in [4.69, 9.17) is 4.42 Å². The number of benzene rings is 8. The van der Waals surface area contributed by atoms with Gasteiger partial charge in [0, 0.05) is 65.1 Å². The number of nitrogens with zero attached hydrogens (tertiary/aromatic N) is 2. The van der Waals surface area contributed by atoms with Crippen LogP contribution >= 0.6 is 11.3 Å². The molecule has 0 saturated carbocycles. The van der Waals surface area contributed by atoms with Crippen molar-refractivity contribution in [1.29, 1.82) is 0 Å². The third-order valence-corrected chi connectivity index (χ3v) is 12.5.